The molecule has 0 bridgehead atoms. The van der Waals surface area contributed by atoms with Gasteiger partial charge in [0.05, 0.1) is 24.4 Å². The Morgan fingerprint density at radius 1 is 1.13 bits per heavy atom. The second-order valence-corrected chi connectivity index (χ2v) is 10.8. The fraction of sp³-hybridized carbons (Fsp3) is 0.870. The number of aliphatic hydroxyl groups is 1. The molecule has 7 heteroatoms. The van der Waals surface area contributed by atoms with Gasteiger partial charge in [-0.2, -0.15) is 0 Å². The zero-order valence-electron chi connectivity index (χ0n) is 18.6. The van der Waals surface area contributed by atoms with Crippen molar-refractivity contribution >= 4 is 17.9 Å². The average Bonchev–Trinajstić information content (AvgIpc) is 2.92. The summed E-state index contributed by atoms with van der Waals surface area (Å²) < 4.78 is 16.3. The minimum Gasteiger partial charge on any atom is -0.469 e. The predicted molar refractivity (Wildman–Crippen MR) is 106 cm³/mol. The summed E-state index contributed by atoms with van der Waals surface area (Å²) in [5.41, 5.74) is -1.22. The van der Waals surface area contributed by atoms with E-state index in [-0.39, 0.29) is 22.7 Å². The first-order valence-corrected chi connectivity index (χ1v) is 11.1. The lowest BCUT2D eigenvalue weighted by Gasteiger charge is -2.66. The van der Waals surface area contributed by atoms with Crippen molar-refractivity contribution in [1.82, 2.24) is 0 Å². The molecule has 0 amide bonds. The molecule has 7 nitrogen and oxygen atoms in total. The van der Waals surface area contributed by atoms with Gasteiger partial charge in [0.1, 0.15) is 6.10 Å². The van der Waals surface area contributed by atoms with E-state index in [9.17, 15) is 19.5 Å². The van der Waals surface area contributed by atoms with Gasteiger partial charge in [-0.3, -0.25) is 14.4 Å². The van der Waals surface area contributed by atoms with Crippen molar-refractivity contribution in [3.05, 3.63) is 0 Å². The number of aliphatic hydroxyl groups excluding tert-OH is 1. The summed E-state index contributed by atoms with van der Waals surface area (Å²) in [6.45, 7) is 8.15. The number of hydrogen-bond donors (Lipinski definition) is 1. The summed E-state index contributed by atoms with van der Waals surface area (Å²) in [6, 6.07) is 0. The van der Waals surface area contributed by atoms with Gasteiger partial charge in [-0.15, -0.1) is 0 Å². The molecule has 4 rings (SSSR count). The van der Waals surface area contributed by atoms with Crippen LogP contribution < -0.4 is 0 Å². The van der Waals surface area contributed by atoms with Crippen LogP contribution in [0.4, 0.5) is 0 Å². The molecule has 0 aromatic heterocycles. The van der Waals surface area contributed by atoms with Crippen molar-refractivity contribution in [3.8, 4) is 0 Å². The van der Waals surface area contributed by atoms with Crippen LogP contribution in [0.3, 0.4) is 0 Å². The minimum atomic E-state index is -1.40. The smallest absolute Gasteiger partial charge is 0.313 e. The third-order valence-corrected chi connectivity index (χ3v) is 9.11. The van der Waals surface area contributed by atoms with E-state index in [1.807, 2.05) is 0 Å². The topological polar surface area (TPSA) is 99.1 Å². The summed E-state index contributed by atoms with van der Waals surface area (Å²) >= 11 is 0. The van der Waals surface area contributed by atoms with Crippen LogP contribution in [0.25, 0.3) is 0 Å². The average molecular weight is 423 g/mol. The van der Waals surface area contributed by atoms with Crippen LogP contribution in [0, 0.1) is 39.9 Å². The summed E-state index contributed by atoms with van der Waals surface area (Å²) in [6.07, 6.45) is 2.77. The molecule has 2 unspecified atom stereocenters. The van der Waals surface area contributed by atoms with Gasteiger partial charge < -0.3 is 19.3 Å². The third-order valence-electron chi connectivity index (χ3n) is 9.11. The van der Waals surface area contributed by atoms with Crippen molar-refractivity contribution in [1.29, 1.82) is 0 Å². The van der Waals surface area contributed by atoms with Crippen molar-refractivity contribution in [2.45, 2.75) is 78.6 Å². The number of carbonyl (C=O) groups is 3. The number of rotatable bonds is 2. The first kappa shape index (κ1) is 21.6. The van der Waals surface area contributed by atoms with E-state index in [1.165, 1.54) is 14.0 Å². The Kier molecular flexibility index (Phi) is 5.00. The van der Waals surface area contributed by atoms with Crippen molar-refractivity contribution in [2.24, 2.45) is 39.9 Å². The predicted octanol–water partition coefficient (Wildman–Crippen LogP) is 2.83. The maximum Gasteiger partial charge on any atom is 0.313 e. The minimum absolute atomic E-state index is 0.0517. The highest BCUT2D eigenvalue weighted by Crippen LogP contribution is 2.72. The number of ether oxygens (including phenoxy) is 3. The standard InChI is InChI=1S/C23H34O7/c1-12(24)29-16-11-15-21(2,3)9-6-10-22(15,4)14-8-7-13(18(25)28-5)17-19(26)30-20(27)23(14,16)17/h13-17,20,27H,6-11H2,1-5H3/t13-,14?,15+,16-,17+,20?,22-,23-/m1/s1. The van der Waals surface area contributed by atoms with Gasteiger partial charge >= 0.3 is 17.9 Å². The first-order valence-electron chi connectivity index (χ1n) is 11.1. The number of cyclic esters (lactones) is 1. The maximum absolute atomic E-state index is 13.0. The molecule has 0 aromatic rings. The van der Waals surface area contributed by atoms with Gasteiger partial charge in [0.2, 0.25) is 6.29 Å². The fourth-order valence-electron chi connectivity index (χ4n) is 8.14. The molecule has 0 radical (unpaired) electrons. The molecule has 168 valence electrons. The molecule has 30 heavy (non-hydrogen) atoms. The second kappa shape index (κ2) is 6.94. The van der Waals surface area contributed by atoms with E-state index in [1.54, 1.807) is 0 Å². The van der Waals surface area contributed by atoms with Gasteiger partial charge in [-0.05, 0) is 54.8 Å². The van der Waals surface area contributed by atoms with Crippen molar-refractivity contribution in [2.75, 3.05) is 7.11 Å². The van der Waals surface area contributed by atoms with Crippen LogP contribution in [-0.2, 0) is 28.6 Å². The largest absolute Gasteiger partial charge is 0.469 e. The highest BCUT2D eigenvalue weighted by Gasteiger charge is 2.76. The number of methoxy groups -OCH3 is 1. The molecule has 1 saturated heterocycles. The molecule has 0 aromatic carbocycles. The Morgan fingerprint density at radius 2 is 1.83 bits per heavy atom. The molecule has 1 aliphatic heterocycles. The van der Waals surface area contributed by atoms with Gasteiger partial charge in [0.15, 0.2) is 0 Å². The Hall–Kier alpha value is -1.63. The molecular formula is C23H34O7. The van der Waals surface area contributed by atoms with Gasteiger partial charge in [0, 0.05) is 6.92 Å². The van der Waals surface area contributed by atoms with Gasteiger partial charge in [-0.25, -0.2) is 0 Å². The number of hydrogen-bond acceptors (Lipinski definition) is 7. The van der Waals surface area contributed by atoms with Crippen LogP contribution in [-0.4, -0.2) is 42.5 Å². The fourth-order valence-corrected chi connectivity index (χ4v) is 8.14. The summed E-state index contributed by atoms with van der Waals surface area (Å²) in [5.74, 6) is -2.90. The molecule has 3 saturated carbocycles. The molecule has 4 fully saturated rings. The molecule has 1 spiro atoms. The van der Waals surface area contributed by atoms with E-state index in [0.29, 0.717) is 19.3 Å². The Morgan fingerprint density at radius 3 is 2.47 bits per heavy atom. The quantitative estimate of drug-likeness (QED) is 0.540. The molecule has 8 atom stereocenters. The normalized spacial score (nSPS) is 46.7. The lowest BCUT2D eigenvalue weighted by Crippen LogP contribution is -2.68. The molecule has 1 heterocycles. The molecule has 4 aliphatic rings. The molecule has 1 N–H and O–H groups in total. The third kappa shape index (κ3) is 2.69. The Balaban J connectivity index is 1.90. The van der Waals surface area contributed by atoms with E-state index in [0.717, 1.165) is 19.3 Å². The lowest BCUT2D eigenvalue weighted by atomic mass is 9.37. The summed E-state index contributed by atoms with van der Waals surface area (Å²) in [7, 11) is 1.31. The van der Waals surface area contributed by atoms with Crippen LogP contribution >= 0.6 is 0 Å². The maximum atomic E-state index is 13.0. The highest BCUT2D eigenvalue weighted by molar-refractivity contribution is 5.85. The zero-order chi connectivity index (χ0) is 22.1. The molecular weight excluding hydrogens is 388 g/mol. The zero-order valence-corrected chi connectivity index (χ0v) is 18.6. The Bertz CT molecular complexity index is 761. The first-order chi connectivity index (χ1) is 14.0. The Labute approximate surface area is 177 Å². The van der Waals surface area contributed by atoms with Crippen LogP contribution in [0.5, 0.6) is 0 Å². The van der Waals surface area contributed by atoms with E-state index >= 15 is 0 Å². The number of carbonyl (C=O) groups excluding carboxylic acids is 3. The van der Waals surface area contributed by atoms with E-state index in [2.05, 4.69) is 20.8 Å². The van der Waals surface area contributed by atoms with Crippen LogP contribution in [0.15, 0.2) is 0 Å². The number of fused-ring (bicyclic) bond motifs is 2. The van der Waals surface area contributed by atoms with Crippen molar-refractivity contribution in [3.63, 3.8) is 0 Å². The second-order valence-electron chi connectivity index (χ2n) is 10.8. The monoisotopic (exact) mass is 422 g/mol. The van der Waals surface area contributed by atoms with E-state index < -0.39 is 47.6 Å². The molecule has 3 aliphatic carbocycles. The van der Waals surface area contributed by atoms with E-state index in [4.69, 9.17) is 14.2 Å². The van der Waals surface area contributed by atoms with Gasteiger partial charge in [-0.1, -0.05) is 27.2 Å². The van der Waals surface area contributed by atoms with Crippen LogP contribution in [0.1, 0.15) is 66.2 Å². The van der Waals surface area contributed by atoms with Gasteiger partial charge in [0.25, 0.3) is 0 Å². The summed E-state index contributed by atoms with van der Waals surface area (Å²) in [4.78, 5) is 37.7. The van der Waals surface area contributed by atoms with Crippen LogP contribution in [0.2, 0.25) is 0 Å². The summed E-state index contributed by atoms with van der Waals surface area (Å²) in [5, 5.41) is 11.2. The lowest BCUT2D eigenvalue weighted by molar-refractivity contribution is -0.274. The SMILES string of the molecule is COC(=O)[C@@H]1CCC2[C@@]3(C(O)OC(=O)[C@H]13)[C@H](OC(C)=O)C[C@H]1C(C)(C)CCC[C@]21C. The van der Waals surface area contributed by atoms with Crippen molar-refractivity contribution < 1.29 is 33.7 Å². The number of esters is 3. The highest BCUT2D eigenvalue weighted by atomic mass is 16.6.